The molecule has 1 N–H and O–H groups in total. The second-order valence-corrected chi connectivity index (χ2v) is 8.90. The minimum atomic E-state index is -3.40. The number of nitrogens with one attached hydrogen (secondary N) is 1. The third-order valence-electron chi connectivity index (χ3n) is 5.12. The van der Waals surface area contributed by atoms with Gasteiger partial charge in [-0.3, -0.25) is 4.79 Å². The Morgan fingerprint density at radius 3 is 2.52 bits per heavy atom. The van der Waals surface area contributed by atoms with Gasteiger partial charge in [-0.25, -0.2) is 8.42 Å². The number of hydrogen-bond donors (Lipinski definition) is 1. The lowest BCUT2D eigenvalue weighted by molar-refractivity contribution is 0.0951. The molecular formula is C21H22N2O3S. The molecule has 1 aliphatic carbocycles. The van der Waals surface area contributed by atoms with Crippen LogP contribution in [0.25, 0.3) is 6.08 Å². The molecule has 4 rings (SSSR count). The molecule has 2 aliphatic rings. The number of rotatable bonds is 5. The zero-order valence-electron chi connectivity index (χ0n) is 15.0. The molecule has 0 unspecified atom stereocenters. The minimum absolute atomic E-state index is 0.126. The third kappa shape index (κ3) is 3.68. The van der Waals surface area contributed by atoms with Gasteiger partial charge in [-0.05, 0) is 60.2 Å². The van der Waals surface area contributed by atoms with Crippen molar-refractivity contribution in [2.45, 2.75) is 30.7 Å². The molecule has 1 amide bonds. The van der Waals surface area contributed by atoms with Crippen LogP contribution in [0.3, 0.4) is 0 Å². The van der Waals surface area contributed by atoms with E-state index in [4.69, 9.17) is 0 Å². The highest BCUT2D eigenvalue weighted by molar-refractivity contribution is 7.89. The van der Waals surface area contributed by atoms with E-state index in [1.165, 1.54) is 15.4 Å². The summed E-state index contributed by atoms with van der Waals surface area (Å²) in [5.41, 5.74) is 3.85. The van der Waals surface area contributed by atoms with Gasteiger partial charge in [0, 0.05) is 25.2 Å². The summed E-state index contributed by atoms with van der Waals surface area (Å²) in [6.45, 7) is 1.55. The molecule has 5 nitrogen and oxygen atoms in total. The Labute approximate surface area is 159 Å². The maximum Gasteiger partial charge on any atom is 0.251 e. The molecule has 27 heavy (non-hydrogen) atoms. The fourth-order valence-corrected chi connectivity index (χ4v) is 5.06. The largest absolute Gasteiger partial charge is 0.348 e. The van der Waals surface area contributed by atoms with Gasteiger partial charge in [0.25, 0.3) is 5.91 Å². The highest BCUT2D eigenvalue weighted by Gasteiger charge is 2.26. The number of carbonyl (C=O) groups excluding carboxylic acids is 1. The second kappa shape index (κ2) is 7.29. The van der Waals surface area contributed by atoms with Crippen molar-refractivity contribution < 1.29 is 13.2 Å². The lowest BCUT2D eigenvalue weighted by Gasteiger charge is -2.15. The molecule has 140 valence electrons. The standard InChI is InChI=1S/C21H22N2O3S/c24-21(19-9-8-17-4-3-5-18(17)14-19)22-15-16-6-10-20(11-7-16)27(25,26)23-12-1-2-13-23/h3-4,6-11,14H,1-2,5,12-13,15H2,(H,22,24). The first-order valence-electron chi connectivity index (χ1n) is 9.21. The Morgan fingerprint density at radius 2 is 1.78 bits per heavy atom. The van der Waals surface area contributed by atoms with Crippen molar-refractivity contribution in [3.63, 3.8) is 0 Å². The lowest BCUT2D eigenvalue weighted by atomic mass is 10.1. The summed E-state index contributed by atoms with van der Waals surface area (Å²) in [7, 11) is -3.40. The number of fused-ring (bicyclic) bond motifs is 1. The molecule has 0 spiro atoms. The molecule has 2 aromatic carbocycles. The van der Waals surface area contributed by atoms with Crippen LogP contribution in [-0.2, 0) is 23.0 Å². The Bertz CT molecular complexity index is 989. The summed E-state index contributed by atoms with van der Waals surface area (Å²) >= 11 is 0. The Morgan fingerprint density at radius 1 is 1.04 bits per heavy atom. The predicted molar refractivity (Wildman–Crippen MR) is 105 cm³/mol. The van der Waals surface area contributed by atoms with E-state index in [9.17, 15) is 13.2 Å². The first-order valence-corrected chi connectivity index (χ1v) is 10.6. The van der Waals surface area contributed by atoms with Crippen LogP contribution >= 0.6 is 0 Å². The van der Waals surface area contributed by atoms with Crippen LogP contribution in [0.4, 0.5) is 0 Å². The average Bonchev–Trinajstić information content (AvgIpc) is 3.37. The van der Waals surface area contributed by atoms with Gasteiger partial charge < -0.3 is 5.32 Å². The topological polar surface area (TPSA) is 66.5 Å². The SMILES string of the molecule is O=C(NCc1ccc(S(=O)(=O)N2CCCC2)cc1)c1ccc2c(c1)CC=C2. The number of allylic oxidation sites excluding steroid dienone is 1. The van der Waals surface area contributed by atoms with Gasteiger partial charge in [-0.2, -0.15) is 4.31 Å². The van der Waals surface area contributed by atoms with Gasteiger partial charge in [-0.1, -0.05) is 30.4 Å². The number of benzene rings is 2. The van der Waals surface area contributed by atoms with E-state index in [0.29, 0.717) is 30.1 Å². The summed E-state index contributed by atoms with van der Waals surface area (Å²) in [6, 6.07) is 12.5. The fourth-order valence-electron chi connectivity index (χ4n) is 3.54. The van der Waals surface area contributed by atoms with Crippen LogP contribution in [-0.4, -0.2) is 31.7 Å². The molecule has 1 heterocycles. The minimum Gasteiger partial charge on any atom is -0.348 e. The van der Waals surface area contributed by atoms with Gasteiger partial charge in [0.15, 0.2) is 0 Å². The van der Waals surface area contributed by atoms with Gasteiger partial charge in [0.2, 0.25) is 10.0 Å². The van der Waals surface area contributed by atoms with Crippen molar-refractivity contribution in [1.82, 2.24) is 9.62 Å². The monoisotopic (exact) mass is 382 g/mol. The molecule has 0 saturated carbocycles. The van der Waals surface area contributed by atoms with Crippen LogP contribution in [0.15, 0.2) is 53.4 Å². The Hall–Kier alpha value is -2.44. The Balaban J connectivity index is 1.39. The van der Waals surface area contributed by atoms with Gasteiger partial charge in [-0.15, -0.1) is 0 Å². The molecule has 0 aromatic heterocycles. The number of hydrogen-bond acceptors (Lipinski definition) is 3. The smallest absolute Gasteiger partial charge is 0.251 e. The molecule has 0 radical (unpaired) electrons. The van der Waals surface area contributed by atoms with Crippen LogP contribution in [0.5, 0.6) is 0 Å². The molecule has 0 atom stereocenters. The third-order valence-corrected chi connectivity index (χ3v) is 7.03. The highest BCUT2D eigenvalue weighted by Crippen LogP contribution is 2.22. The first kappa shape index (κ1) is 17.9. The maximum absolute atomic E-state index is 12.5. The number of carbonyl (C=O) groups is 1. The van der Waals surface area contributed by atoms with E-state index in [1.807, 2.05) is 18.2 Å². The van der Waals surface area contributed by atoms with E-state index in [-0.39, 0.29) is 5.91 Å². The van der Waals surface area contributed by atoms with Crippen molar-refractivity contribution in [3.8, 4) is 0 Å². The maximum atomic E-state index is 12.5. The fraction of sp³-hybridized carbons (Fsp3) is 0.286. The number of nitrogens with zero attached hydrogens (tertiary/aromatic N) is 1. The van der Waals surface area contributed by atoms with Crippen LogP contribution < -0.4 is 5.32 Å². The van der Waals surface area contributed by atoms with E-state index in [2.05, 4.69) is 17.5 Å². The zero-order valence-corrected chi connectivity index (χ0v) is 15.8. The van der Waals surface area contributed by atoms with Crippen molar-refractivity contribution >= 4 is 22.0 Å². The molecule has 6 heteroatoms. The van der Waals surface area contributed by atoms with Gasteiger partial charge in [0.05, 0.1) is 4.90 Å². The van der Waals surface area contributed by atoms with E-state index in [1.54, 1.807) is 24.3 Å². The molecule has 1 aliphatic heterocycles. The Kier molecular flexibility index (Phi) is 4.85. The summed E-state index contributed by atoms with van der Waals surface area (Å²) in [5.74, 6) is -0.126. The van der Waals surface area contributed by atoms with Crippen molar-refractivity contribution in [2.24, 2.45) is 0 Å². The predicted octanol–water partition coefficient (Wildman–Crippen LogP) is 2.97. The quantitative estimate of drug-likeness (QED) is 0.865. The zero-order chi connectivity index (χ0) is 18.9. The van der Waals surface area contributed by atoms with Crippen molar-refractivity contribution in [2.75, 3.05) is 13.1 Å². The summed E-state index contributed by atoms with van der Waals surface area (Å²) in [6.07, 6.45) is 6.85. The van der Waals surface area contributed by atoms with Gasteiger partial charge in [0.1, 0.15) is 0 Å². The first-order chi connectivity index (χ1) is 13.0. The summed E-state index contributed by atoms with van der Waals surface area (Å²) in [4.78, 5) is 12.7. The summed E-state index contributed by atoms with van der Waals surface area (Å²) in [5, 5.41) is 2.90. The second-order valence-electron chi connectivity index (χ2n) is 6.96. The van der Waals surface area contributed by atoms with E-state index in [0.717, 1.165) is 24.8 Å². The number of sulfonamides is 1. The molecular weight excluding hydrogens is 360 g/mol. The van der Waals surface area contributed by atoms with Crippen molar-refractivity contribution in [3.05, 3.63) is 70.8 Å². The van der Waals surface area contributed by atoms with Gasteiger partial charge >= 0.3 is 0 Å². The average molecular weight is 382 g/mol. The lowest BCUT2D eigenvalue weighted by Crippen LogP contribution is -2.28. The van der Waals surface area contributed by atoms with E-state index >= 15 is 0 Å². The number of amides is 1. The molecule has 0 bridgehead atoms. The van der Waals surface area contributed by atoms with Crippen LogP contribution in [0.1, 0.15) is 39.9 Å². The van der Waals surface area contributed by atoms with Crippen LogP contribution in [0.2, 0.25) is 0 Å². The highest BCUT2D eigenvalue weighted by atomic mass is 32.2. The summed E-state index contributed by atoms with van der Waals surface area (Å²) < 4.78 is 26.6. The van der Waals surface area contributed by atoms with E-state index < -0.39 is 10.0 Å². The molecule has 1 saturated heterocycles. The molecule has 1 fully saturated rings. The van der Waals surface area contributed by atoms with Crippen molar-refractivity contribution in [1.29, 1.82) is 0 Å². The molecule has 2 aromatic rings. The van der Waals surface area contributed by atoms with Crippen LogP contribution in [0, 0.1) is 0 Å². The normalized spacial score (nSPS) is 16.4.